The first kappa shape index (κ1) is 13.4. The van der Waals surface area contributed by atoms with Gasteiger partial charge in [-0.05, 0) is 25.7 Å². The minimum Gasteiger partial charge on any atom is -0.103 e. The zero-order chi connectivity index (χ0) is 10.9. The molecule has 0 aromatic heterocycles. The maximum absolute atomic E-state index is 3.70. The molecular weight excluding hydrogens is 184 g/mol. The molecule has 1 heteroatoms. The zero-order valence-corrected chi connectivity index (χ0v) is 10.9. The minimum atomic E-state index is -0.966. The molecule has 0 amide bonds. The van der Waals surface area contributed by atoms with E-state index in [9.17, 15) is 0 Å². The van der Waals surface area contributed by atoms with Gasteiger partial charge in [-0.3, -0.25) is 0 Å². The van der Waals surface area contributed by atoms with Crippen molar-refractivity contribution >= 4 is 8.07 Å². The lowest BCUT2D eigenvalue weighted by atomic mass is 10.2. The molecule has 0 fully saturated rings. The predicted molar refractivity (Wildman–Crippen MR) is 70.3 cm³/mol. The third kappa shape index (κ3) is 11.4. The maximum Gasteiger partial charge on any atom is 0.0683 e. The van der Waals surface area contributed by atoms with E-state index < -0.39 is 8.07 Å². The highest BCUT2D eigenvalue weighted by atomic mass is 28.3. The summed E-state index contributed by atoms with van der Waals surface area (Å²) in [6.07, 6.45) is 13.5. The summed E-state index contributed by atoms with van der Waals surface area (Å²) in [6.45, 7) is 10.8. The van der Waals surface area contributed by atoms with Crippen LogP contribution in [0.2, 0.25) is 19.6 Å². The molecule has 0 aromatic rings. The van der Waals surface area contributed by atoms with Crippen molar-refractivity contribution in [2.75, 3.05) is 0 Å². The highest BCUT2D eigenvalue weighted by Crippen LogP contribution is 2.03. The molecule has 0 aromatic carbocycles. The molecular formula is C13H24Si. The van der Waals surface area contributed by atoms with Crippen LogP contribution in [0.15, 0.2) is 36.6 Å². The molecule has 0 aliphatic rings. The van der Waals surface area contributed by atoms with Crippen LogP contribution in [-0.2, 0) is 0 Å². The van der Waals surface area contributed by atoms with Gasteiger partial charge in [-0.15, -0.1) is 6.58 Å². The second-order valence-corrected chi connectivity index (χ2v) is 9.76. The number of rotatable bonds is 7. The van der Waals surface area contributed by atoms with Gasteiger partial charge in [0.1, 0.15) is 0 Å². The second kappa shape index (κ2) is 7.81. The number of hydrogen-bond acceptors (Lipinski definition) is 0. The number of hydrogen-bond donors (Lipinski definition) is 0. The van der Waals surface area contributed by atoms with Crippen molar-refractivity contribution < 1.29 is 0 Å². The second-order valence-electron chi connectivity index (χ2n) is 4.70. The molecule has 0 nitrogen and oxygen atoms in total. The Morgan fingerprint density at radius 3 is 2.29 bits per heavy atom. The van der Waals surface area contributed by atoms with E-state index in [2.05, 4.69) is 50.1 Å². The lowest BCUT2D eigenvalue weighted by Gasteiger charge is -2.07. The summed E-state index contributed by atoms with van der Waals surface area (Å²) in [6, 6.07) is 0. The first-order chi connectivity index (χ1) is 6.56. The lowest BCUT2D eigenvalue weighted by Crippen LogP contribution is -2.15. The van der Waals surface area contributed by atoms with E-state index in [1.165, 1.54) is 12.8 Å². The van der Waals surface area contributed by atoms with Crippen molar-refractivity contribution in [1.82, 2.24) is 0 Å². The standard InChI is InChI=1S/C13H24Si/c1-5-6-7-8-9-10-11-12-13-14(2,3)4/h5,9-10,12-13H,1,6-8,11H2,2-4H3/b10-9+,13-12+. The van der Waals surface area contributed by atoms with Crippen LogP contribution in [0.1, 0.15) is 25.7 Å². The van der Waals surface area contributed by atoms with Crippen LogP contribution in [0, 0.1) is 0 Å². The summed E-state index contributed by atoms with van der Waals surface area (Å²) in [4.78, 5) is 0. The fraction of sp³-hybridized carbons (Fsp3) is 0.538. The summed E-state index contributed by atoms with van der Waals surface area (Å²) in [5.74, 6) is 0. The molecule has 80 valence electrons. The van der Waals surface area contributed by atoms with Gasteiger partial charge >= 0.3 is 0 Å². The smallest absolute Gasteiger partial charge is 0.0683 e. The topological polar surface area (TPSA) is 0 Å². The quantitative estimate of drug-likeness (QED) is 0.322. The first-order valence-corrected chi connectivity index (χ1v) is 9.07. The molecule has 0 atom stereocenters. The van der Waals surface area contributed by atoms with Crippen molar-refractivity contribution in [3.8, 4) is 0 Å². The fourth-order valence-corrected chi connectivity index (χ4v) is 1.94. The third-order valence-electron chi connectivity index (χ3n) is 1.84. The Morgan fingerprint density at radius 2 is 1.71 bits per heavy atom. The van der Waals surface area contributed by atoms with Crippen LogP contribution >= 0.6 is 0 Å². The van der Waals surface area contributed by atoms with E-state index in [0.29, 0.717) is 0 Å². The van der Waals surface area contributed by atoms with Gasteiger partial charge in [-0.2, -0.15) is 0 Å². The summed E-state index contributed by atoms with van der Waals surface area (Å²) in [5, 5.41) is 0. The van der Waals surface area contributed by atoms with E-state index >= 15 is 0 Å². The van der Waals surface area contributed by atoms with Crippen LogP contribution in [0.4, 0.5) is 0 Å². The molecule has 0 unspecified atom stereocenters. The molecule has 0 radical (unpaired) electrons. The molecule has 0 bridgehead atoms. The molecule has 0 aliphatic heterocycles. The Labute approximate surface area is 90.4 Å². The van der Waals surface area contributed by atoms with Crippen LogP contribution in [-0.4, -0.2) is 8.07 Å². The fourth-order valence-electron chi connectivity index (χ4n) is 1.09. The molecule has 0 saturated heterocycles. The maximum atomic E-state index is 3.70. The molecule has 0 N–H and O–H groups in total. The van der Waals surface area contributed by atoms with E-state index in [-0.39, 0.29) is 0 Å². The van der Waals surface area contributed by atoms with Gasteiger partial charge in [0.05, 0.1) is 8.07 Å². The van der Waals surface area contributed by atoms with Gasteiger partial charge in [0.2, 0.25) is 0 Å². The van der Waals surface area contributed by atoms with E-state index in [0.717, 1.165) is 12.8 Å². The van der Waals surface area contributed by atoms with Crippen molar-refractivity contribution in [2.24, 2.45) is 0 Å². The molecule has 0 heterocycles. The van der Waals surface area contributed by atoms with Crippen LogP contribution in [0.3, 0.4) is 0 Å². The largest absolute Gasteiger partial charge is 0.103 e. The summed E-state index contributed by atoms with van der Waals surface area (Å²) < 4.78 is 0. The average Bonchev–Trinajstić information content (AvgIpc) is 2.08. The Balaban J connectivity index is 3.44. The van der Waals surface area contributed by atoms with Crippen LogP contribution in [0.25, 0.3) is 0 Å². The van der Waals surface area contributed by atoms with E-state index in [4.69, 9.17) is 0 Å². The van der Waals surface area contributed by atoms with Gasteiger partial charge in [0.25, 0.3) is 0 Å². The van der Waals surface area contributed by atoms with Crippen molar-refractivity contribution in [3.05, 3.63) is 36.6 Å². The van der Waals surface area contributed by atoms with Crippen molar-refractivity contribution in [3.63, 3.8) is 0 Å². The van der Waals surface area contributed by atoms with Crippen molar-refractivity contribution in [1.29, 1.82) is 0 Å². The van der Waals surface area contributed by atoms with E-state index in [1.54, 1.807) is 0 Å². The van der Waals surface area contributed by atoms with Gasteiger partial charge in [-0.1, -0.05) is 49.6 Å². The lowest BCUT2D eigenvalue weighted by molar-refractivity contribution is 0.867. The first-order valence-electron chi connectivity index (χ1n) is 5.50. The molecule has 0 aliphatic carbocycles. The normalized spacial score (nSPS) is 12.8. The summed E-state index contributed by atoms with van der Waals surface area (Å²) >= 11 is 0. The predicted octanol–water partition coefficient (Wildman–Crippen LogP) is 4.72. The summed E-state index contributed by atoms with van der Waals surface area (Å²) in [7, 11) is -0.966. The van der Waals surface area contributed by atoms with Crippen molar-refractivity contribution in [2.45, 2.75) is 45.3 Å². The Kier molecular flexibility index (Phi) is 7.49. The SMILES string of the molecule is C=CCCC/C=C/C/C=C/[Si](C)(C)C. The van der Waals surface area contributed by atoms with Gasteiger partial charge in [0, 0.05) is 0 Å². The third-order valence-corrected chi connectivity index (χ3v) is 3.07. The highest BCUT2D eigenvalue weighted by Gasteiger charge is 2.05. The van der Waals surface area contributed by atoms with Gasteiger partial charge in [-0.25, -0.2) is 0 Å². The zero-order valence-electron chi connectivity index (χ0n) is 9.92. The number of unbranched alkanes of at least 4 members (excludes halogenated alkanes) is 2. The molecule has 14 heavy (non-hydrogen) atoms. The molecule has 0 saturated carbocycles. The van der Waals surface area contributed by atoms with Crippen LogP contribution in [0.5, 0.6) is 0 Å². The molecule has 0 rings (SSSR count). The Morgan fingerprint density at radius 1 is 1.00 bits per heavy atom. The minimum absolute atomic E-state index is 0.966. The summed E-state index contributed by atoms with van der Waals surface area (Å²) in [5.41, 5.74) is 2.40. The Bertz CT molecular complexity index is 194. The highest BCUT2D eigenvalue weighted by molar-refractivity contribution is 6.80. The Hall–Kier alpha value is -0.563. The molecule has 0 spiro atoms. The van der Waals surface area contributed by atoms with Gasteiger partial charge < -0.3 is 0 Å². The average molecular weight is 208 g/mol. The monoisotopic (exact) mass is 208 g/mol. The number of allylic oxidation sites excluding steroid dienone is 4. The van der Waals surface area contributed by atoms with Crippen LogP contribution < -0.4 is 0 Å². The van der Waals surface area contributed by atoms with E-state index in [1.807, 2.05) is 6.08 Å². The van der Waals surface area contributed by atoms with Gasteiger partial charge in [0.15, 0.2) is 0 Å².